The standard InChI is InChI=1S/C15H26N2O4/c1-11-4-2-3-7-15(11,13(18)19)17-14(20)16-10-12-5-8-21-9-6-12/h11-12H,2-10H2,1H3,(H,18,19)(H2,16,17,20). The van der Waals surface area contributed by atoms with E-state index in [4.69, 9.17) is 4.74 Å². The van der Waals surface area contributed by atoms with Crippen LogP contribution in [0.1, 0.15) is 45.4 Å². The van der Waals surface area contributed by atoms with Crippen LogP contribution in [0.3, 0.4) is 0 Å². The van der Waals surface area contributed by atoms with Gasteiger partial charge in [-0.05, 0) is 37.5 Å². The van der Waals surface area contributed by atoms with Crippen molar-refractivity contribution in [3.63, 3.8) is 0 Å². The fourth-order valence-electron chi connectivity index (χ4n) is 3.34. The summed E-state index contributed by atoms with van der Waals surface area (Å²) in [5.41, 5.74) is -1.11. The third-order valence-corrected chi connectivity index (χ3v) is 4.91. The highest BCUT2D eigenvalue weighted by atomic mass is 16.5. The quantitative estimate of drug-likeness (QED) is 0.738. The van der Waals surface area contributed by atoms with Crippen LogP contribution < -0.4 is 10.6 Å². The summed E-state index contributed by atoms with van der Waals surface area (Å²) >= 11 is 0. The van der Waals surface area contributed by atoms with E-state index in [2.05, 4.69) is 10.6 Å². The first-order valence-electron chi connectivity index (χ1n) is 7.92. The number of hydrogen-bond donors (Lipinski definition) is 3. The second-order valence-corrected chi connectivity index (χ2v) is 6.31. The van der Waals surface area contributed by atoms with Crippen LogP contribution in [-0.4, -0.2) is 42.4 Å². The van der Waals surface area contributed by atoms with Gasteiger partial charge in [0.15, 0.2) is 0 Å². The summed E-state index contributed by atoms with van der Waals surface area (Å²) in [5.74, 6) is -0.539. The van der Waals surface area contributed by atoms with E-state index >= 15 is 0 Å². The van der Waals surface area contributed by atoms with Crippen LogP contribution in [0.5, 0.6) is 0 Å². The molecule has 0 aromatic carbocycles. The number of carboxylic acid groups (broad SMARTS) is 1. The van der Waals surface area contributed by atoms with Gasteiger partial charge in [-0.3, -0.25) is 0 Å². The minimum atomic E-state index is -1.11. The summed E-state index contributed by atoms with van der Waals surface area (Å²) in [5, 5.41) is 15.1. The third kappa shape index (κ3) is 3.87. The number of ether oxygens (including phenoxy) is 1. The van der Waals surface area contributed by atoms with Gasteiger partial charge in [0.05, 0.1) is 0 Å². The molecule has 2 unspecified atom stereocenters. The molecule has 1 saturated heterocycles. The van der Waals surface area contributed by atoms with Crippen LogP contribution in [0, 0.1) is 11.8 Å². The fourth-order valence-corrected chi connectivity index (χ4v) is 3.34. The average Bonchev–Trinajstić information content (AvgIpc) is 2.48. The molecule has 1 aliphatic heterocycles. The van der Waals surface area contributed by atoms with Crippen molar-refractivity contribution in [3.05, 3.63) is 0 Å². The molecule has 0 spiro atoms. The van der Waals surface area contributed by atoms with Gasteiger partial charge in [-0.25, -0.2) is 9.59 Å². The SMILES string of the molecule is CC1CCCCC1(NC(=O)NCC1CCOCC1)C(=O)O. The Balaban J connectivity index is 1.87. The smallest absolute Gasteiger partial charge is 0.329 e. The molecule has 0 bridgehead atoms. The Morgan fingerprint density at radius 1 is 1.24 bits per heavy atom. The van der Waals surface area contributed by atoms with E-state index in [1.165, 1.54) is 0 Å². The van der Waals surface area contributed by atoms with Gasteiger partial charge >= 0.3 is 12.0 Å². The van der Waals surface area contributed by atoms with E-state index < -0.39 is 11.5 Å². The Labute approximate surface area is 125 Å². The van der Waals surface area contributed by atoms with Crippen LogP contribution in [0.2, 0.25) is 0 Å². The van der Waals surface area contributed by atoms with Crippen LogP contribution >= 0.6 is 0 Å². The second kappa shape index (κ2) is 7.11. The molecule has 21 heavy (non-hydrogen) atoms. The molecule has 0 aromatic rings. The highest BCUT2D eigenvalue weighted by Crippen LogP contribution is 2.33. The number of aliphatic carboxylic acids is 1. The van der Waals surface area contributed by atoms with Crippen LogP contribution in [0.15, 0.2) is 0 Å². The summed E-state index contributed by atoms with van der Waals surface area (Å²) < 4.78 is 5.28. The van der Waals surface area contributed by atoms with E-state index in [1.807, 2.05) is 6.92 Å². The monoisotopic (exact) mass is 298 g/mol. The molecule has 2 aliphatic rings. The summed E-state index contributed by atoms with van der Waals surface area (Å²) in [4.78, 5) is 23.8. The molecular formula is C15H26N2O4. The van der Waals surface area contributed by atoms with Crippen LogP contribution in [0.4, 0.5) is 4.79 Å². The summed E-state index contributed by atoms with van der Waals surface area (Å²) in [6.07, 6.45) is 5.11. The molecule has 2 atom stereocenters. The van der Waals surface area contributed by atoms with Crippen LogP contribution in [0.25, 0.3) is 0 Å². The average molecular weight is 298 g/mol. The predicted octanol–water partition coefficient (Wildman–Crippen LogP) is 1.75. The number of carboxylic acids is 1. The molecule has 120 valence electrons. The van der Waals surface area contributed by atoms with E-state index in [9.17, 15) is 14.7 Å². The van der Waals surface area contributed by atoms with Gasteiger partial charge in [-0.1, -0.05) is 19.8 Å². The lowest BCUT2D eigenvalue weighted by Crippen LogP contribution is -2.62. The summed E-state index contributed by atoms with van der Waals surface area (Å²) in [6, 6.07) is -0.363. The number of hydrogen-bond acceptors (Lipinski definition) is 3. The molecule has 2 fully saturated rings. The van der Waals surface area contributed by atoms with E-state index in [0.29, 0.717) is 18.9 Å². The molecule has 6 heteroatoms. The predicted molar refractivity (Wildman–Crippen MR) is 78.1 cm³/mol. The number of nitrogens with one attached hydrogen (secondary N) is 2. The molecule has 0 radical (unpaired) electrons. The number of rotatable bonds is 4. The van der Waals surface area contributed by atoms with Gasteiger partial charge in [-0.2, -0.15) is 0 Å². The lowest BCUT2D eigenvalue weighted by atomic mass is 9.73. The Bertz CT molecular complexity index is 382. The Morgan fingerprint density at radius 2 is 1.95 bits per heavy atom. The Hall–Kier alpha value is -1.30. The maximum Gasteiger partial charge on any atom is 0.329 e. The van der Waals surface area contributed by atoms with Gasteiger partial charge in [0.1, 0.15) is 5.54 Å². The minimum Gasteiger partial charge on any atom is -0.479 e. The van der Waals surface area contributed by atoms with E-state index in [-0.39, 0.29) is 11.9 Å². The van der Waals surface area contributed by atoms with Crippen molar-refractivity contribution in [1.29, 1.82) is 0 Å². The Kier molecular flexibility index (Phi) is 5.45. The van der Waals surface area contributed by atoms with Gasteiger partial charge < -0.3 is 20.5 Å². The van der Waals surface area contributed by atoms with Crippen molar-refractivity contribution in [2.75, 3.05) is 19.8 Å². The van der Waals surface area contributed by atoms with E-state index in [1.54, 1.807) is 0 Å². The number of amides is 2. The molecule has 1 aliphatic carbocycles. The van der Waals surface area contributed by atoms with Crippen LogP contribution in [-0.2, 0) is 9.53 Å². The zero-order valence-electron chi connectivity index (χ0n) is 12.7. The highest BCUT2D eigenvalue weighted by Gasteiger charge is 2.46. The molecule has 3 N–H and O–H groups in total. The molecule has 1 heterocycles. The van der Waals surface area contributed by atoms with Crippen molar-refractivity contribution in [1.82, 2.24) is 10.6 Å². The normalized spacial score (nSPS) is 30.6. The lowest BCUT2D eigenvalue weighted by Gasteiger charge is -2.39. The molecule has 1 saturated carbocycles. The van der Waals surface area contributed by atoms with Crippen molar-refractivity contribution in [2.45, 2.75) is 51.0 Å². The van der Waals surface area contributed by atoms with Crippen molar-refractivity contribution in [3.8, 4) is 0 Å². The van der Waals surface area contributed by atoms with E-state index in [0.717, 1.165) is 45.3 Å². The van der Waals surface area contributed by atoms with Gasteiger partial charge in [0, 0.05) is 19.8 Å². The number of urea groups is 1. The van der Waals surface area contributed by atoms with Gasteiger partial charge in [0.2, 0.25) is 0 Å². The Morgan fingerprint density at radius 3 is 2.57 bits per heavy atom. The minimum absolute atomic E-state index is 0.0439. The van der Waals surface area contributed by atoms with Crippen molar-refractivity contribution in [2.24, 2.45) is 11.8 Å². The molecule has 2 amide bonds. The maximum absolute atomic E-state index is 12.1. The number of carbonyl (C=O) groups excluding carboxylic acids is 1. The van der Waals surface area contributed by atoms with Crippen molar-refractivity contribution < 1.29 is 19.4 Å². The van der Waals surface area contributed by atoms with Crippen molar-refractivity contribution >= 4 is 12.0 Å². The first kappa shape index (κ1) is 16.1. The fraction of sp³-hybridized carbons (Fsp3) is 0.867. The zero-order valence-corrected chi connectivity index (χ0v) is 12.7. The largest absolute Gasteiger partial charge is 0.479 e. The topological polar surface area (TPSA) is 87.7 Å². The number of carbonyl (C=O) groups is 2. The highest BCUT2D eigenvalue weighted by molar-refractivity contribution is 5.86. The molecule has 6 nitrogen and oxygen atoms in total. The molecular weight excluding hydrogens is 272 g/mol. The zero-order chi connectivity index (χ0) is 15.3. The first-order valence-corrected chi connectivity index (χ1v) is 7.92. The van der Waals surface area contributed by atoms with Gasteiger partial charge in [-0.15, -0.1) is 0 Å². The lowest BCUT2D eigenvalue weighted by molar-refractivity contribution is -0.148. The summed E-state index contributed by atoms with van der Waals surface area (Å²) in [6.45, 7) is 3.97. The van der Waals surface area contributed by atoms with Gasteiger partial charge in [0.25, 0.3) is 0 Å². The maximum atomic E-state index is 12.1. The third-order valence-electron chi connectivity index (χ3n) is 4.91. The molecule has 0 aromatic heterocycles. The first-order chi connectivity index (χ1) is 10.0. The second-order valence-electron chi connectivity index (χ2n) is 6.31. The molecule has 2 rings (SSSR count). The summed E-state index contributed by atoms with van der Waals surface area (Å²) in [7, 11) is 0.